The van der Waals surface area contributed by atoms with Crippen LogP contribution in [0.5, 0.6) is 0 Å². The van der Waals surface area contributed by atoms with Gasteiger partial charge in [0.15, 0.2) is 20.4 Å². The lowest BCUT2D eigenvalue weighted by Crippen LogP contribution is -1.90. The summed E-state index contributed by atoms with van der Waals surface area (Å²) in [5.74, 6) is 0.0422. The molecule has 0 spiro atoms. The number of hydrogen-bond acceptors (Lipinski definition) is 11. The van der Waals surface area contributed by atoms with Crippen molar-refractivity contribution in [3.8, 4) is 12.1 Å². The minimum absolute atomic E-state index is 0.0211. The van der Waals surface area contributed by atoms with Crippen molar-refractivity contribution >= 4 is 68.7 Å². The minimum atomic E-state index is 0.0211. The molecule has 21 heavy (non-hydrogen) atoms. The van der Waals surface area contributed by atoms with E-state index in [4.69, 9.17) is 33.7 Å². The summed E-state index contributed by atoms with van der Waals surface area (Å²) in [6.45, 7) is 0. The van der Waals surface area contributed by atoms with Gasteiger partial charge in [0.05, 0.1) is 0 Å². The Kier molecular flexibility index (Phi) is 5.55. The second kappa shape index (κ2) is 7.40. The first kappa shape index (κ1) is 15.8. The van der Waals surface area contributed by atoms with E-state index >= 15 is 0 Å². The van der Waals surface area contributed by atoms with Crippen LogP contribution in [0.1, 0.15) is 21.7 Å². The van der Waals surface area contributed by atoms with E-state index in [0.717, 1.165) is 23.1 Å². The molecule has 2 aromatic heterocycles. The quantitative estimate of drug-likeness (QED) is 0.593. The predicted octanol–water partition coefficient (Wildman–Crippen LogP) is 2.37. The fraction of sp³-hybridized carbons (Fsp3) is 0. The zero-order valence-electron chi connectivity index (χ0n) is 9.56. The molecule has 0 aliphatic carbocycles. The first-order valence-corrected chi connectivity index (χ1v) is 7.79. The normalized spacial score (nSPS) is 12.0. The van der Waals surface area contributed by atoms with E-state index < -0.39 is 0 Å². The average Bonchev–Trinajstić information content (AvgIpc) is 3.15. The highest BCUT2D eigenvalue weighted by atomic mass is 35.5. The lowest BCUT2D eigenvalue weighted by Gasteiger charge is -1.90. The molecule has 0 bridgehead atoms. The van der Waals surface area contributed by atoms with Crippen molar-refractivity contribution in [3.05, 3.63) is 21.7 Å². The highest BCUT2D eigenvalue weighted by Crippen LogP contribution is 2.17. The standard InChI is InChI=1S/C8Cl2N8S3/c9-5(7-13-3(1-11)15-19-7)17-21-18-6(10)8-14-4(2-12)16-20-8/b17-5-,18-6-. The second-order valence-corrected chi connectivity index (χ2v) is 5.66. The van der Waals surface area contributed by atoms with Gasteiger partial charge in [-0.1, -0.05) is 23.2 Å². The Morgan fingerprint density at radius 1 is 0.952 bits per heavy atom. The maximum absolute atomic E-state index is 8.60. The summed E-state index contributed by atoms with van der Waals surface area (Å²) in [5.41, 5.74) is 0. The molecule has 0 unspecified atom stereocenters. The van der Waals surface area contributed by atoms with E-state index in [1.807, 2.05) is 0 Å². The molecule has 2 aromatic rings. The Bertz CT molecular complexity index is 729. The van der Waals surface area contributed by atoms with Crippen LogP contribution in [0.15, 0.2) is 8.80 Å². The Labute approximate surface area is 140 Å². The summed E-state index contributed by atoms with van der Waals surface area (Å²) in [4.78, 5) is 7.66. The molecular weight excluding hydrogens is 375 g/mol. The molecule has 0 atom stereocenters. The Balaban J connectivity index is 2.05. The van der Waals surface area contributed by atoms with Crippen molar-refractivity contribution in [1.82, 2.24) is 18.7 Å². The summed E-state index contributed by atoms with van der Waals surface area (Å²) in [6.07, 6.45) is 0. The molecule has 2 rings (SSSR count). The van der Waals surface area contributed by atoms with Crippen LogP contribution in [-0.2, 0) is 0 Å². The van der Waals surface area contributed by atoms with Crippen LogP contribution in [0.25, 0.3) is 0 Å². The number of halogens is 2. The zero-order valence-corrected chi connectivity index (χ0v) is 13.5. The highest BCUT2D eigenvalue weighted by molar-refractivity contribution is 7.97. The summed E-state index contributed by atoms with van der Waals surface area (Å²) in [7, 11) is 0. The second-order valence-electron chi connectivity index (χ2n) is 2.92. The number of nitrogens with zero attached hydrogens (tertiary/aromatic N) is 8. The fourth-order valence-electron chi connectivity index (χ4n) is 0.876. The van der Waals surface area contributed by atoms with Gasteiger partial charge in [0.25, 0.3) is 0 Å². The Morgan fingerprint density at radius 3 is 1.71 bits per heavy atom. The molecule has 8 nitrogen and oxygen atoms in total. The van der Waals surface area contributed by atoms with Gasteiger partial charge in [0, 0.05) is 0 Å². The van der Waals surface area contributed by atoms with Crippen molar-refractivity contribution in [3.63, 3.8) is 0 Å². The third-order valence-electron chi connectivity index (χ3n) is 1.65. The van der Waals surface area contributed by atoms with E-state index in [1.165, 1.54) is 0 Å². The first-order chi connectivity index (χ1) is 10.1. The van der Waals surface area contributed by atoms with E-state index in [9.17, 15) is 0 Å². The van der Waals surface area contributed by atoms with Crippen LogP contribution in [0.2, 0.25) is 0 Å². The number of aromatic nitrogens is 4. The van der Waals surface area contributed by atoms with Crippen molar-refractivity contribution in [2.24, 2.45) is 8.80 Å². The summed E-state index contributed by atoms with van der Waals surface area (Å²) >= 11 is 14.4. The third kappa shape index (κ3) is 4.17. The van der Waals surface area contributed by atoms with Gasteiger partial charge >= 0.3 is 0 Å². The number of rotatable bonds is 4. The molecule has 0 saturated heterocycles. The smallest absolute Gasteiger partial charge is 0.203 e. The monoisotopic (exact) mass is 374 g/mol. The van der Waals surface area contributed by atoms with Gasteiger partial charge in [-0.15, -0.1) is 0 Å². The molecule has 0 amide bonds. The first-order valence-electron chi connectivity index (χ1n) is 4.75. The van der Waals surface area contributed by atoms with Crippen molar-refractivity contribution in [2.75, 3.05) is 0 Å². The molecule has 0 aromatic carbocycles. The van der Waals surface area contributed by atoms with E-state index in [2.05, 4.69) is 27.5 Å². The minimum Gasteiger partial charge on any atom is -0.203 e. The van der Waals surface area contributed by atoms with Crippen LogP contribution in [0.3, 0.4) is 0 Å². The van der Waals surface area contributed by atoms with Crippen LogP contribution in [0.4, 0.5) is 0 Å². The van der Waals surface area contributed by atoms with Crippen LogP contribution >= 0.6 is 58.4 Å². The predicted molar refractivity (Wildman–Crippen MR) is 81.6 cm³/mol. The van der Waals surface area contributed by atoms with Gasteiger partial charge in [0.2, 0.25) is 11.6 Å². The molecule has 0 saturated carbocycles. The molecule has 0 aliphatic heterocycles. The lowest BCUT2D eigenvalue weighted by atomic mass is 10.7. The average molecular weight is 375 g/mol. The lowest BCUT2D eigenvalue weighted by molar-refractivity contribution is 1.23. The zero-order chi connectivity index (χ0) is 15.2. The van der Waals surface area contributed by atoms with Gasteiger partial charge in [-0.25, -0.2) is 9.97 Å². The molecule has 0 fully saturated rings. The van der Waals surface area contributed by atoms with E-state index in [1.54, 1.807) is 12.1 Å². The maximum Gasteiger partial charge on any atom is 0.244 e. The van der Waals surface area contributed by atoms with Crippen molar-refractivity contribution in [1.29, 1.82) is 10.5 Å². The fourth-order valence-corrected chi connectivity index (χ4v) is 2.83. The summed E-state index contributed by atoms with van der Waals surface area (Å²) in [5, 5.41) is 17.9. The Morgan fingerprint density at radius 2 is 1.38 bits per heavy atom. The van der Waals surface area contributed by atoms with Gasteiger partial charge in [-0.3, -0.25) is 0 Å². The van der Waals surface area contributed by atoms with Crippen LogP contribution in [-0.4, -0.2) is 29.1 Å². The molecule has 2 heterocycles. The number of nitriles is 2. The molecule has 0 N–H and O–H groups in total. The number of hydrogen-bond donors (Lipinski definition) is 0. The molecular formula is C8Cl2N8S3. The summed E-state index contributed by atoms with van der Waals surface area (Å²) in [6, 6.07) is 3.57. The van der Waals surface area contributed by atoms with Gasteiger partial charge in [-0.2, -0.15) is 28.1 Å². The van der Waals surface area contributed by atoms with E-state index in [0.29, 0.717) is 22.1 Å². The maximum atomic E-state index is 8.60. The largest absolute Gasteiger partial charge is 0.244 e. The molecule has 0 aliphatic rings. The summed E-state index contributed by atoms with van der Waals surface area (Å²) < 4.78 is 15.2. The third-order valence-corrected chi connectivity index (χ3v) is 4.57. The molecule has 13 heteroatoms. The van der Waals surface area contributed by atoms with Crippen LogP contribution in [0, 0.1) is 22.7 Å². The Hall–Kier alpha value is -1.63. The van der Waals surface area contributed by atoms with Crippen molar-refractivity contribution < 1.29 is 0 Å². The van der Waals surface area contributed by atoms with Crippen LogP contribution < -0.4 is 0 Å². The SMILES string of the molecule is N#Cc1nsc(/C(Cl)=N/S/N=C(\Cl)c2nc(C#N)ns2)n1. The van der Waals surface area contributed by atoms with E-state index in [-0.39, 0.29) is 22.0 Å². The van der Waals surface area contributed by atoms with Crippen molar-refractivity contribution in [2.45, 2.75) is 0 Å². The molecule has 0 radical (unpaired) electrons. The highest BCUT2D eigenvalue weighted by Gasteiger charge is 2.10. The van der Waals surface area contributed by atoms with Gasteiger partial charge < -0.3 is 0 Å². The molecule has 104 valence electrons. The van der Waals surface area contributed by atoms with Gasteiger partial charge in [-0.05, 0) is 23.1 Å². The van der Waals surface area contributed by atoms with Gasteiger partial charge in [0.1, 0.15) is 24.3 Å². The topological polar surface area (TPSA) is 124 Å².